The van der Waals surface area contributed by atoms with Gasteiger partial charge in [-0.2, -0.15) is 0 Å². The van der Waals surface area contributed by atoms with Crippen LogP contribution in [0.3, 0.4) is 0 Å². The molecule has 27 heavy (non-hydrogen) atoms. The van der Waals surface area contributed by atoms with Crippen LogP contribution in [-0.2, 0) is 9.16 Å². The minimum atomic E-state index is -1.80. The molecule has 2 saturated carbocycles. The Kier molecular flexibility index (Phi) is 5.88. The summed E-state index contributed by atoms with van der Waals surface area (Å²) in [5, 5.41) is 0.227. The summed E-state index contributed by atoms with van der Waals surface area (Å²) in [7, 11) is -1.80. The van der Waals surface area contributed by atoms with E-state index in [1.54, 1.807) is 0 Å². The van der Waals surface area contributed by atoms with E-state index in [1.165, 1.54) is 25.7 Å². The highest BCUT2D eigenvalue weighted by Gasteiger charge is 2.54. The summed E-state index contributed by atoms with van der Waals surface area (Å²) in [6, 6.07) is 9.34. The van der Waals surface area contributed by atoms with Crippen molar-refractivity contribution in [3.8, 4) is 0 Å². The number of hydrogen-bond acceptors (Lipinski definition) is 3. The molecule has 1 spiro atoms. The molecule has 4 heteroatoms. The van der Waals surface area contributed by atoms with E-state index in [2.05, 4.69) is 33.9 Å². The molecule has 0 saturated heterocycles. The zero-order valence-electron chi connectivity index (χ0n) is 17.7. The molecule has 3 nitrogen and oxygen atoms in total. The molecule has 2 atom stereocenters. The minimum absolute atomic E-state index is 0.197. The minimum Gasteiger partial charge on any atom is -0.462 e. The Morgan fingerprint density at radius 3 is 2.33 bits per heavy atom. The van der Waals surface area contributed by atoms with Crippen molar-refractivity contribution in [1.82, 2.24) is 0 Å². The van der Waals surface area contributed by atoms with Gasteiger partial charge >= 0.3 is 5.97 Å². The number of benzene rings is 1. The lowest BCUT2D eigenvalue weighted by Crippen LogP contribution is -2.48. The molecule has 0 bridgehead atoms. The third-order valence-corrected chi connectivity index (χ3v) is 11.9. The van der Waals surface area contributed by atoms with Gasteiger partial charge in [0.1, 0.15) is 0 Å². The van der Waals surface area contributed by atoms with Gasteiger partial charge < -0.3 is 9.16 Å². The highest BCUT2D eigenvalue weighted by molar-refractivity contribution is 6.74. The maximum Gasteiger partial charge on any atom is 0.338 e. The molecular weight excluding hydrogens is 352 g/mol. The van der Waals surface area contributed by atoms with Crippen LogP contribution < -0.4 is 0 Å². The standard InChI is InChI=1S/C23H36O3Si/c1-22(2,3)27(4,5)26-20-14-13-19(23(20)15-9-10-16-23)17-25-21(24)18-11-7-6-8-12-18/h6-8,11-12,19-20H,9-10,13-17H2,1-5H3. The molecule has 0 amide bonds. The third kappa shape index (κ3) is 4.17. The number of esters is 1. The fourth-order valence-electron chi connectivity index (χ4n) is 4.75. The van der Waals surface area contributed by atoms with Gasteiger partial charge in [0.05, 0.1) is 18.3 Å². The number of ether oxygens (including phenoxy) is 1. The first-order valence-electron chi connectivity index (χ1n) is 10.6. The van der Waals surface area contributed by atoms with Crippen LogP contribution in [0.5, 0.6) is 0 Å². The van der Waals surface area contributed by atoms with Crippen molar-refractivity contribution >= 4 is 14.3 Å². The van der Waals surface area contributed by atoms with Crippen LogP contribution in [0.15, 0.2) is 30.3 Å². The molecule has 0 aromatic heterocycles. The van der Waals surface area contributed by atoms with Crippen molar-refractivity contribution in [2.45, 2.75) is 83.5 Å². The number of hydrogen-bond donors (Lipinski definition) is 0. The van der Waals surface area contributed by atoms with Crippen LogP contribution in [0.25, 0.3) is 0 Å². The molecule has 2 aliphatic rings. The van der Waals surface area contributed by atoms with Crippen molar-refractivity contribution in [3.05, 3.63) is 35.9 Å². The van der Waals surface area contributed by atoms with Crippen molar-refractivity contribution < 1.29 is 14.0 Å². The van der Waals surface area contributed by atoms with Gasteiger partial charge in [0.15, 0.2) is 8.32 Å². The number of carbonyl (C=O) groups excluding carboxylic acids is 1. The predicted molar refractivity (Wildman–Crippen MR) is 112 cm³/mol. The summed E-state index contributed by atoms with van der Waals surface area (Å²) in [6.45, 7) is 12.2. The van der Waals surface area contributed by atoms with Crippen LogP contribution in [-0.4, -0.2) is 27.0 Å². The Balaban J connectivity index is 1.69. The normalized spacial score (nSPS) is 25.1. The molecule has 0 radical (unpaired) electrons. The van der Waals surface area contributed by atoms with Gasteiger partial charge in [0.25, 0.3) is 0 Å². The first-order valence-corrected chi connectivity index (χ1v) is 13.5. The van der Waals surface area contributed by atoms with Gasteiger partial charge in [-0.3, -0.25) is 0 Å². The van der Waals surface area contributed by atoms with E-state index in [9.17, 15) is 4.79 Å². The molecule has 3 rings (SSSR count). The average Bonchev–Trinajstić information content (AvgIpc) is 3.22. The first kappa shape index (κ1) is 20.6. The molecule has 2 aliphatic carbocycles. The molecule has 2 fully saturated rings. The van der Waals surface area contributed by atoms with E-state index in [4.69, 9.17) is 9.16 Å². The maximum absolute atomic E-state index is 12.4. The Bertz CT molecular complexity index is 641. The largest absolute Gasteiger partial charge is 0.462 e. The molecule has 1 aromatic carbocycles. The average molecular weight is 389 g/mol. The van der Waals surface area contributed by atoms with E-state index in [0.29, 0.717) is 24.2 Å². The van der Waals surface area contributed by atoms with Crippen molar-refractivity contribution in [2.75, 3.05) is 6.61 Å². The van der Waals surface area contributed by atoms with Crippen LogP contribution in [0.2, 0.25) is 18.1 Å². The fraction of sp³-hybridized carbons (Fsp3) is 0.696. The second kappa shape index (κ2) is 7.71. The van der Waals surface area contributed by atoms with Crippen molar-refractivity contribution in [3.63, 3.8) is 0 Å². The van der Waals surface area contributed by atoms with E-state index in [-0.39, 0.29) is 16.4 Å². The Labute approximate surface area is 166 Å². The predicted octanol–water partition coefficient (Wildman–Crippen LogP) is 6.20. The number of rotatable bonds is 5. The highest BCUT2D eigenvalue weighted by atomic mass is 28.4. The lowest BCUT2D eigenvalue weighted by atomic mass is 9.75. The second-order valence-electron chi connectivity index (χ2n) is 10.0. The van der Waals surface area contributed by atoms with E-state index < -0.39 is 8.32 Å². The van der Waals surface area contributed by atoms with Crippen LogP contribution in [0, 0.1) is 11.3 Å². The van der Waals surface area contributed by atoms with E-state index >= 15 is 0 Å². The maximum atomic E-state index is 12.4. The molecule has 2 unspecified atom stereocenters. The molecule has 0 heterocycles. The molecular formula is C23H36O3Si. The summed E-state index contributed by atoms with van der Waals surface area (Å²) >= 11 is 0. The van der Waals surface area contributed by atoms with Gasteiger partial charge in [0, 0.05) is 11.3 Å². The van der Waals surface area contributed by atoms with E-state index in [0.717, 1.165) is 12.8 Å². The van der Waals surface area contributed by atoms with Crippen molar-refractivity contribution in [2.24, 2.45) is 11.3 Å². The summed E-state index contributed by atoms with van der Waals surface area (Å²) in [6.07, 6.45) is 7.56. The summed E-state index contributed by atoms with van der Waals surface area (Å²) in [5.74, 6) is 0.236. The SMILES string of the molecule is CC(C)(C)[Si](C)(C)OC1CCC(COC(=O)c2ccccc2)C12CCCC2. The van der Waals surface area contributed by atoms with Gasteiger partial charge in [-0.25, -0.2) is 4.79 Å². The zero-order chi connectivity index (χ0) is 19.7. The molecule has 0 aliphatic heterocycles. The highest BCUT2D eigenvalue weighted by Crippen LogP contribution is 2.57. The summed E-state index contributed by atoms with van der Waals surface area (Å²) < 4.78 is 12.7. The van der Waals surface area contributed by atoms with Crippen LogP contribution in [0.4, 0.5) is 0 Å². The van der Waals surface area contributed by atoms with Crippen LogP contribution >= 0.6 is 0 Å². The second-order valence-corrected chi connectivity index (χ2v) is 14.8. The van der Waals surface area contributed by atoms with Gasteiger partial charge in [-0.1, -0.05) is 51.8 Å². The van der Waals surface area contributed by atoms with Crippen LogP contribution in [0.1, 0.15) is 69.7 Å². The Morgan fingerprint density at radius 2 is 1.74 bits per heavy atom. The topological polar surface area (TPSA) is 35.5 Å². The number of carbonyl (C=O) groups is 1. The van der Waals surface area contributed by atoms with Gasteiger partial charge in [-0.05, 0) is 55.9 Å². The molecule has 0 N–H and O–H groups in total. The summed E-state index contributed by atoms with van der Waals surface area (Å²) in [5.41, 5.74) is 0.858. The Hall–Kier alpha value is -1.13. The summed E-state index contributed by atoms with van der Waals surface area (Å²) in [4.78, 5) is 12.4. The van der Waals surface area contributed by atoms with Gasteiger partial charge in [0.2, 0.25) is 0 Å². The monoisotopic (exact) mass is 388 g/mol. The zero-order valence-corrected chi connectivity index (χ0v) is 18.7. The lowest BCUT2D eigenvalue weighted by Gasteiger charge is -2.44. The molecule has 150 valence electrons. The quantitative estimate of drug-likeness (QED) is 0.445. The third-order valence-electron chi connectivity index (χ3n) is 7.43. The smallest absolute Gasteiger partial charge is 0.338 e. The fourth-order valence-corrected chi connectivity index (χ4v) is 6.16. The van der Waals surface area contributed by atoms with Crippen molar-refractivity contribution in [1.29, 1.82) is 0 Å². The molecule has 1 aromatic rings. The first-order chi connectivity index (χ1) is 12.7. The lowest BCUT2D eigenvalue weighted by molar-refractivity contribution is 0.00257. The Morgan fingerprint density at radius 1 is 1.11 bits per heavy atom. The van der Waals surface area contributed by atoms with E-state index in [1.807, 2.05) is 30.3 Å². The van der Waals surface area contributed by atoms with Gasteiger partial charge in [-0.15, -0.1) is 0 Å².